The minimum Gasteiger partial charge on any atom is -0.443 e. The fourth-order valence-electron chi connectivity index (χ4n) is 6.07. The lowest BCUT2D eigenvalue weighted by atomic mass is 9.74. The molecule has 9 heteroatoms. The van der Waals surface area contributed by atoms with E-state index in [9.17, 15) is 9.59 Å². The number of carbonyl (C=O) groups excluding carboxylic acids is 2. The number of rotatable bonds is 8. The third kappa shape index (κ3) is 4.96. The number of aromatic nitrogens is 3. The number of carbonyl (C=O) groups is 2. The lowest BCUT2D eigenvalue weighted by Crippen LogP contribution is -2.69. The van der Waals surface area contributed by atoms with E-state index < -0.39 is 0 Å². The predicted octanol–water partition coefficient (Wildman–Crippen LogP) is 4.28. The fourth-order valence-corrected chi connectivity index (χ4v) is 6.07. The lowest BCUT2D eigenvalue weighted by Gasteiger charge is -2.55. The molecule has 0 radical (unpaired) electrons. The van der Waals surface area contributed by atoms with Crippen molar-refractivity contribution < 1.29 is 14.3 Å². The maximum atomic E-state index is 12.9. The normalized spacial score (nSPS) is 21.3. The van der Waals surface area contributed by atoms with Crippen LogP contribution in [-0.2, 0) is 27.5 Å². The number of anilines is 1. The smallest absolute Gasteiger partial charge is 0.314 e. The molecule has 2 saturated heterocycles. The molecule has 1 aromatic carbocycles. The molecule has 204 valence electrons. The summed E-state index contributed by atoms with van der Waals surface area (Å²) in [6.07, 6.45) is 5.16. The Hall–Kier alpha value is -3.93. The molecule has 39 heavy (non-hydrogen) atoms. The number of hydrogen-bond donors (Lipinski definition) is 0. The van der Waals surface area contributed by atoms with Gasteiger partial charge in [0.15, 0.2) is 6.73 Å². The summed E-state index contributed by atoms with van der Waals surface area (Å²) in [4.78, 5) is 38.5. The molecule has 1 unspecified atom stereocenters. The molecular formula is C30H36N6O3. The van der Waals surface area contributed by atoms with Crippen LogP contribution in [0, 0.1) is 23.2 Å². The number of ether oxygens (including phenoxy) is 1. The minimum atomic E-state index is -0.373. The van der Waals surface area contributed by atoms with Gasteiger partial charge in [0.25, 0.3) is 0 Å². The monoisotopic (exact) mass is 528 g/mol. The highest BCUT2D eigenvalue weighted by atomic mass is 16.5. The van der Waals surface area contributed by atoms with Crippen LogP contribution < -0.4 is 4.90 Å². The van der Waals surface area contributed by atoms with E-state index in [0.717, 1.165) is 36.2 Å². The van der Waals surface area contributed by atoms with Crippen molar-refractivity contribution >= 4 is 28.7 Å². The average Bonchev–Trinajstić information content (AvgIpc) is 3.57. The Balaban J connectivity index is 1.26. The molecule has 0 saturated carbocycles. The number of nitrogens with zero attached hydrogens (tertiary/aromatic N) is 6. The van der Waals surface area contributed by atoms with Gasteiger partial charge >= 0.3 is 5.97 Å². The second kappa shape index (κ2) is 10.7. The highest BCUT2D eigenvalue weighted by molar-refractivity contribution is 5.88. The van der Waals surface area contributed by atoms with Gasteiger partial charge in [-0.2, -0.15) is 5.26 Å². The summed E-state index contributed by atoms with van der Waals surface area (Å²) >= 11 is 0. The van der Waals surface area contributed by atoms with Gasteiger partial charge in [0, 0.05) is 25.8 Å². The summed E-state index contributed by atoms with van der Waals surface area (Å²) in [5.74, 6) is 0.996. The Morgan fingerprint density at radius 1 is 1.18 bits per heavy atom. The molecule has 1 amide bonds. The Bertz CT molecular complexity index is 1410. The van der Waals surface area contributed by atoms with Crippen LogP contribution in [0.15, 0.2) is 42.9 Å². The fraction of sp³-hybridized carbons (Fsp3) is 0.500. The SMILES string of the molecule is CC(C)Cc1ccc(C(C)C(=O)OCn2ccc3c(N4CC[C@]5(C4)[C@@H](C)CN5C(=O)CC#N)ncnc32)cc1. The summed E-state index contributed by atoms with van der Waals surface area (Å²) in [5, 5.41) is 9.87. The number of nitriles is 1. The van der Waals surface area contributed by atoms with Crippen molar-refractivity contribution in [2.24, 2.45) is 11.8 Å². The Kier molecular flexibility index (Phi) is 7.30. The molecule has 2 fully saturated rings. The van der Waals surface area contributed by atoms with Gasteiger partial charge in [-0.15, -0.1) is 0 Å². The van der Waals surface area contributed by atoms with Gasteiger partial charge in [-0.1, -0.05) is 45.0 Å². The summed E-state index contributed by atoms with van der Waals surface area (Å²) in [6, 6.07) is 12.1. The van der Waals surface area contributed by atoms with Crippen LogP contribution in [0.25, 0.3) is 11.0 Å². The topological polar surface area (TPSA) is 104 Å². The van der Waals surface area contributed by atoms with Crippen LogP contribution in [0.2, 0.25) is 0 Å². The first kappa shape index (κ1) is 26.7. The van der Waals surface area contributed by atoms with E-state index in [4.69, 9.17) is 10.00 Å². The van der Waals surface area contributed by atoms with Crippen LogP contribution in [-0.4, -0.2) is 56.5 Å². The van der Waals surface area contributed by atoms with E-state index in [0.29, 0.717) is 30.6 Å². The van der Waals surface area contributed by atoms with Crippen LogP contribution in [0.3, 0.4) is 0 Å². The molecule has 0 N–H and O–H groups in total. The molecular weight excluding hydrogens is 492 g/mol. The van der Waals surface area contributed by atoms with E-state index in [-0.39, 0.29) is 36.5 Å². The van der Waals surface area contributed by atoms with E-state index >= 15 is 0 Å². The summed E-state index contributed by atoms with van der Waals surface area (Å²) in [6.45, 7) is 10.6. The highest BCUT2D eigenvalue weighted by Gasteiger charge is 2.56. The third-order valence-electron chi connectivity index (χ3n) is 8.38. The maximum absolute atomic E-state index is 12.9. The molecule has 5 rings (SSSR count). The zero-order chi connectivity index (χ0) is 27.7. The molecule has 4 heterocycles. The van der Waals surface area contributed by atoms with Crippen molar-refractivity contribution in [1.82, 2.24) is 19.4 Å². The minimum absolute atomic E-state index is 0.0615. The zero-order valence-electron chi connectivity index (χ0n) is 23.1. The Morgan fingerprint density at radius 3 is 2.64 bits per heavy atom. The van der Waals surface area contributed by atoms with E-state index in [1.54, 1.807) is 0 Å². The molecule has 2 aliphatic heterocycles. The van der Waals surface area contributed by atoms with Gasteiger partial charge in [-0.25, -0.2) is 9.97 Å². The summed E-state index contributed by atoms with van der Waals surface area (Å²) in [7, 11) is 0. The quantitative estimate of drug-likeness (QED) is 0.402. The van der Waals surface area contributed by atoms with Crippen molar-refractivity contribution in [2.75, 3.05) is 24.5 Å². The molecule has 2 aromatic heterocycles. The zero-order valence-corrected chi connectivity index (χ0v) is 23.1. The lowest BCUT2D eigenvalue weighted by molar-refractivity contribution is -0.152. The van der Waals surface area contributed by atoms with Crippen molar-refractivity contribution in [3.63, 3.8) is 0 Å². The van der Waals surface area contributed by atoms with Crippen molar-refractivity contribution in [3.8, 4) is 6.07 Å². The van der Waals surface area contributed by atoms with E-state index in [2.05, 4.69) is 47.8 Å². The number of amides is 1. The summed E-state index contributed by atoms with van der Waals surface area (Å²) < 4.78 is 7.50. The van der Waals surface area contributed by atoms with Gasteiger partial charge in [-0.3, -0.25) is 14.2 Å². The number of esters is 1. The van der Waals surface area contributed by atoms with Gasteiger partial charge in [0.1, 0.15) is 24.2 Å². The van der Waals surface area contributed by atoms with Crippen molar-refractivity contribution in [3.05, 3.63) is 54.0 Å². The number of hydrogen-bond acceptors (Lipinski definition) is 7. The van der Waals surface area contributed by atoms with E-state index in [1.807, 2.05) is 46.9 Å². The van der Waals surface area contributed by atoms with Crippen LogP contribution >= 0.6 is 0 Å². The molecule has 3 aromatic rings. The Morgan fingerprint density at radius 2 is 1.95 bits per heavy atom. The second-order valence-electron chi connectivity index (χ2n) is 11.4. The summed E-state index contributed by atoms with van der Waals surface area (Å²) in [5.41, 5.74) is 2.64. The molecule has 0 aliphatic carbocycles. The molecule has 3 atom stereocenters. The molecule has 0 bridgehead atoms. The van der Waals surface area contributed by atoms with Crippen LogP contribution in [0.4, 0.5) is 5.82 Å². The third-order valence-corrected chi connectivity index (χ3v) is 8.38. The average molecular weight is 529 g/mol. The number of likely N-dealkylation sites (tertiary alicyclic amines) is 1. The maximum Gasteiger partial charge on any atom is 0.314 e. The molecule has 9 nitrogen and oxygen atoms in total. The number of fused-ring (bicyclic) bond motifs is 1. The predicted molar refractivity (Wildman–Crippen MR) is 148 cm³/mol. The first-order valence-electron chi connectivity index (χ1n) is 13.7. The molecule has 1 spiro atoms. The van der Waals surface area contributed by atoms with Gasteiger partial charge in [-0.05, 0) is 48.8 Å². The van der Waals surface area contributed by atoms with Gasteiger partial charge in [0.05, 0.1) is 22.9 Å². The first-order valence-corrected chi connectivity index (χ1v) is 13.7. The van der Waals surface area contributed by atoms with Gasteiger partial charge in [0.2, 0.25) is 5.91 Å². The van der Waals surface area contributed by atoms with Crippen molar-refractivity contribution in [2.45, 2.75) is 65.1 Å². The highest BCUT2D eigenvalue weighted by Crippen LogP contribution is 2.45. The second-order valence-corrected chi connectivity index (χ2v) is 11.4. The van der Waals surface area contributed by atoms with Crippen molar-refractivity contribution in [1.29, 1.82) is 5.26 Å². The van der Waals surface area contributed by atoms with Crippen LogP contribution in [0.5, 0.6) is 0 Å². The first-order chi connectivity index (χ1) is 18.7. The van der Waals surface area contributed by atoms with E-state index in [1.165, 1.54) is 11.9 Å². The van der Waals surface area contributed by atoms with Crippen LogP contribution in [0.1, 0.15) is 57.6 Å². The van der Waals surface area contributed by atoms with Gasteiger partial charge < -0.3 is 14.5 Å². The molecule has 2 aliphatic rings. The standard InChI is InChI=1S/C30H36N6O3/c1-20(2)15-23-5-7-24(8-6-23)22(4)29(38)39-19-35-13-10-25-27(32-18-33-28(25)35)34-14-11-30(17-34)21(3)16-36(30)26(37)9-12-31/h5-8,10,13,18,20-22H,9,11,14-17,19H2,1-4H3/t21-,22?,30-/m0/s1. The Labute approximate surface area is 229 Å². The number of benzene rings is 1. The largest absolute Gasteiger partial charge is 0.443 e.